The summed E-state index contributed by atoms with van der Waals surface area (Å²) >= 11 is 3.23. The van der Waals surface area contributed by atoms with Gasteiger partial charge >= 0.3 is 0 Å². The highest BCUT2D eigenvalue weighted by Crippen LogP contribution is 2.15. The van der Waals surface area contributed by atoms with Crippen LogP contribution >= 0.6 is 15.9 Å². The predicted octanol–water partition coefficient (Wildman–Crippen LogP) is 2.47. The Bertz CT molecular complexity index is 347. The van der Waals surface area contributed by atoms with Gasteiger partial charge in [0.2, 0.25) is 6.08 Å². The molecule has 1 aromatic carbocycles. The van der Waals surface area contributed by atoms with Crippen molar-refractivity contribution in [3.8, 4) is 0 Å². The molecular formula is C9H7BrFNO. The van der Waals surface area contributed by atoms with E-state index in [1.54, 1.807) is 12.1 Å². The molecule has 13 heavy (non-hydrogen) atoms. The number of benzene rings is 1. The molecule has 1 aromatic rings. The topological polar surface area (TPSA) is 29.4 Å². The van der Waals surface area contributed by atoms with Crippen LogP contribution in [-0.2, 0) is 11.2 Å². The third-order valence-corrected chi connectivity index (χ3v) is 2.06. The van der Waals surface area contributed by atoms with E-state index in [1.807, 2.05) is 0 Å². The van der Waals surface area contributed by atoms with Gasteiger partial charge in [-0.3, -0.25) is 0 Å². The van der Waals surface area contributed by atoms with Gasteiger partial charge in [-0.25, -0.2) is 14.2 Å². The predicted molar refractivity (Wildman–Crippen MR) is 50.8 cm³/mol. The summed E-state index contributed by atoms with van der Waals surface area (Å²) in [6, 6.07) is 4.68. The molecule has 0 radical (unpaired) electrons. The molecule has 0 aliphatic heterocycles. The van der Waals surface area contributed by atoms with Crippen LogP contribution in [0.4, 0.5) is 4.39 Å². The Morgan fingerprint density at radius 3 is 3.00 bits per heavy atom. The average molecular weight is 244 g/mol. The van der Waals surface area contributed by atoms with E-state index < -0.39 is 0 Å². The second kappa shape index (κ2) is 4.90. The van der Waals surface area contributed by atoms with Gasteiger partial charge in [0, 0.05) is 4.47 Å². The van der Waals surface area contributed by atoms with Crippen LogP contribution in [0, 0.1) is 5.82 Å². The van der Waals surface area contributed by atoms with Crippen molar-refractivity contribution in [3.63, 3.8) is 0 Å². The monoisotopic (exact) mass is 243 g/mol. The summed E-state index contributed by atoms with van der Waals surface area (Å²) < 4.78 is 13.9. The Labute approximate surface area is 83.6 Å². The lowest BCUT2D eigenvalue weighted by Gasteiger charge is -2.00. The van der Waals surface area contributed by atoms with E-state index in [0.29, 0.717) is 12.0 Å². The van der Waals surface area contributed by atoms with Crippen LogP contribution in [0.2, 0.25) is 0 Å². The summed E-state index contributed by atoms with van der Waals surface area (Å²) in [7, 11) is 0. The molecule has 0 fully saturated rings. The van der Waals surface area contributed by atoms with Gasteiger partial charge in [0.15, 0.2) is 0 Å². The van der Waals surface area contributed by atoms with Gasteiger partial charge in [-0.2, -0.15) is 0 Å². The lowest BCUT2D eigenvalue weighted by Crippen LogP contribution is -1.93. The fourth-order valence-corrected chi connectivity index (χ4v) is 1.37. The van der Waals surface area contributed by atoms with Crippen molar-refractivity contribution in [1.29, 1.82) is 0 Å². The van der Waals surface area contributed by atoms with Gasteiger partial charge in [-0.05, 0) is 30.2 Å². The van der Waals surface area contributed by atoms with E-state index in [1.165, 1.54) is 12.1 Å². The first kappa shape index (κ1) is 10.1. The molecule has 0 spiro atoms. The summed E-state index contributed by atoms with van der Waals surface area (Å²) in [5.41, 5.74) is 0.549. The molecule has 4 heteroatoms. The van der Waals surface area contributed by atoms with E-state index in [-0.39, 0.29) is 12.4 Å². The van der Waals surface area contributed by atoms with Gasteiger partial charge in [0.05, 0.1) is 6.54 Å². The standard InChI is InChI=1S/C9H7BrFNO/c10-8-1-2-9(11)7(5-8)3-4-12-6-13/h1-2,5H,3-4H2. The minimum atomic E-state index is -0.274. The Hall–Kier alpha value is -0.990. The largest absolute Gasteiger partial charge is 0.234 e. The molecule has 0 atom stereocenters. The molecule has 0 aromatic heterocycles. The van der Waals surface area contributed by atoms with Crippen LogP contribution in [0.3, 0.4) is 0 Å². The van der Waals surface area contributed by atoms with Crippen LogP contribution in [-0.4, -0.2) is 12.6 Å². The quantitative estimate of drug-likeness (QED) is 0.593. The second-order valence-electron chi connectivity index (χ2n) is 2.46. The van der Waals surface area contributed by atoms with Crippen molar-refractivity contribution in [2.75, 3.05) is 6.54 Å². The maximum atomic E-state index is 13.0. The number of aliphatic imine (C=N–C) groups is 1. The van der Waals surface area contributed by atoms with Crippen LogP contribution in [0.1, 0.15) is 5.56 Å². The van der Waals surface area contributed by atoms with Crippen LogP contribution in [0.15, 0.2) is 27.7 Å². The first-order chi connectivity index (χ1) is 6.24. The molecule has 2 nitrogen and oxygen atoms in total. The van der Waals surface area contributed by atoms with E-state index in [2.05, 4.69) is 20.9 Å². The van der Waals surface area contributed by atoms with Gasteiger partial charge in [-0.1, -0.05) is 15.9 Å². The van der Waals surface area contributed by atoms with Crippen molar-refractivity contribution in [3.05, 3.63) is 34.1 Å². The molecule has 0 heterocycles. The SMILES string of the molecule is O=C=NCCc1cc(Br)ccc1F. The highest BCUT2D eigenvalue weighted by atomic mass is 79.9. The fraction of sp³-hybridized carbons (Fsp3) is 0.222. The van der Waals surface area contributed by atoms with Crippen molar-refractivity contribution in [2.24, 2.45) is 4.99 Å². The molecular weight excluding hydrogens is 237 g/mol. The number of hydrogen-bond acceptors (Lipinski definition) is 2. The van der Waals surface area contributed by atoms with Crippen molar-refractivity contribution < 1.29 is 9.18 Å². The lowest BCUT2D eigenvalue weighted by molar-refractivity contribution is 0.562. The number of rotatable bonds is 3. The molecule has 1 rings (SSSR count). The number of isocyanates is 1. The highest BCUT2D eigenvalue weighted by Gasteiger charge is 2.01. The number of carbonyl (C=O) groups excluding carboxylic acids is 1. The summed E-state index contributed by atoms with van der Waals surface area (Å²) in [6.07, 6.45) is 1.83. The van der Waals surface area contributed by atoms with E-state index in [9.17, 15) is 9.18 Å². The van der Waals surface area contributed by atoms with Gasteiger partial charge in [-0.15, -0.1) is 0 Å². The highest BCUT2D eigenvalue weighted by molar-refractivity contribution is 9.10. The first-order valence-corrected chi connectivity index (χ1v) is 4.51. The lowest BCUT2D eigenvalue weighted by atomic mass is 10.1. The summed E-state index contributed by atoms with van der Waals surface area (Å²) in [4.78, 5) is 13.1. The maximum Gasteiger partial charge on any atom is 0.234 e. The maximum absolute atomic E-state index is 13.0. The Kier molecular flexibility index (Phi) is 3.80. The van der Waals surface area contributed by atoms with Gasteiger partial charge in [0.1, 0.15) is 5.82 Å². The van der Waals surface area contributed by atoms with Crippen molar-refractivity contribution in [1.82, 2.24) is 0 Å². The summed E-state index contributed by atoms with van der Waals surface area (Å²) in [5.74, 6) is -0.274. The molecule has 0 aliphatic rings. The zero-order valence-corrected chi connectivity index (χ0v) is 8.34. The third-order valence-electron chi connectivity index (χ3n) is 1.57. The van der Waals surface area contributed by atoms with Crippen LogP contribution < -0.4 is 0 Å². The smallest absolute Gasteiger partial charge is 0.211 e. The Balaban J connectivity index is 2.75. The molecule has 0 saturated carbocycles. The third kappa shape index (κ3) is 3.09. The zero-order valence-electron chi connectivity index (χ0n) is 6.76. The minimum Gasteiger partial charge on any atom is -0.211 e. The average Bonchev–Trinajstić information content (AvgIpc) is 2.11. The van der Waals surface area contributed by atoms with Crippen LogP contribution in [0.25, 0.3) is 0 Å². The number of hydrogen-bond donors (Lipinski definition) is 0. The first-order valence-electron chi connectivity index (χ1n) is 3.71. The van der Waals surface area contributed by atoms with Gasteiger partial charge < -0.3 is 0 Å². The molecule has 0 bridgehead atoms. The number of nitrogens with zero attached hydrogens (tertiary/aromatic N) is 1. The molecule has 0 unspecified atom stereocenters. The second-order valence-corrected chi connectivity index (χ2v) is 3.37. The summed E-state index contributed by atoms with van der Waals surface area (Å²) in [6.45, 7) is 0.275. The van der Waals surface area contributed by atoms with E-state index in [4.69, 9.17) is 0 Å². The minimum absolute atomic E-state index is 0.274. The number of halogens is 2. The normalized spacial score (nSPS) is 9.38. The van der Waals surface area contributed by atoms with E-state index in [0.717, 1.165) is 4.47 Å². The van der Waals surface area contributed by atoms with Gasteiger partial charge in [0.25, 0.3) is 0 Å². The molecule has 68 valence electrons. The molecule has 0 N–H and O–H groups in total. The van der Waals surface area contributed by atoms with E-state index >= 15 is 0 Å². The Morgan fingerprint density at radius 1 is 1.54 bits per heavy atom. The van der Waals surface area contributed by atoms with Crippen molar-refractivity contribution in [2.45, 2.75) is 6.42 Å². The molecule has 0 aliphatic carbocycles. The fourth-order valence-electron chi connectivity index (χ4n) is 0.957. The Morgan fingerprint density at radius 2 is 2.31 bits per heavy atom. The van der Waals surface area contributed by atoms with Crippen LogP contribution in [0.5, 0.6) is 0 Å². The zero-order chi connectivity index (χ0) is 9.68. The molecule has 0 saturated heterocycles. The van der Waals surface area contributed by atoms with Crippen molar-refractivity contribution >= 4 is 22.0 Å². The summed E-state index contributed by atoms with van der Waals surface area (Å²) in [5, 5.41) is 0. The molecule has 0 amide bonds.